The molecule has 0 aliphatic rings. The Labute approximate surface area is 172 Å². The lowest BCUT2D eigenvalue weighted by molar-refractivity contribution is -0.118. The molecule has 0 aliphatic carbocycles. The van der Waals surface area contributed by atoms with E-state index >= 15 is 0 Å². The second-order valence-electron chi connectivity index (χ2n) is 6.87. The van der Waals surface area contributed by atoms with Crippen LogP contribution in [-0.4, -0.2) is 26.1 Å². The summed E-state index contributed by atoms with van der Waals surface area (Å²) in [7, 11) is 0. The summed E-state index contributed by atoms with van der Waals surface area (Å²) >= 11 is 6.08. The number of anilines is 3. The van der Waals surface area contributed by atoms with Gasteiger partial charge in [0.2, 0.25) is 5.91 Å². The van der Waals surface area contributed by atoms with E-state index in [9.17, 15) is 4.79 Å². The molecule has 0 saturated heterocycles. The topological polar surface area (TPSA) is 95.6 Å². The second kappa shape index (κ2) is 7.89. The van der Waals surface area contributed by atoms with Gasteiger partial charge in [-0.05, 0) is 30.3 Å². The molecular weight excluding hydrogens is 388 g/mol. The summed E-state index contributed by atoms with van der Waals surface area (Å²) in [5, 5.41) is 14.9. The smallest absolute Gasteiger partial charge is 0.226 e. The molecule has 4 aromatic rings. The molecule has 7 nitrogen and oxygen atoms in total. The van der Waals surface area contributed by atoms with E-state index in [0.29, 0.717) is 22.2 Å². The SMILES string of the molecule is CC(C)C(=O)Nc1ccc(-c2n[nH]c3ncnc(Nc4cccc(Cl)c4)c23)cc1. The Bertz CT molecular complexity index is 1170. The van der Waals surface area contributed by atoms with Crippen molar-refractivity contribution in [3.8, 4) is 11.3 Å². The normalized spacial score (nSPS) is 11.0. The first kappa shape index (κ1) is 18.9. The van der Waals surface area contributed by atoms with Crippen molar-refractivity contribution in [2.45, 2.75) is 13.8 Å². The minimum absolute atomic E-state index is 0.0237. The highest BCUT2D eigenvalue weighted by atomic mass is 35.5. The molecule has 0 saturated carbocycles. The Kier molecular flexibility index (Phi) is 5.14. The highest BCUT2D eigenvalue weighted by molar-refractivity contribution is 6.30. The van der Waals surface area contributed by atoms with Gasteiger partial charge >= 0.3 is 0 Å². The summed E-state index contributed by atoms with van der Waals surface area (Å²) in [5.74, 6) is 0.518. The Morgan fingerprint density at radius 3 is 2.59 bits per heavy atom. The summed E-state index contributed by atoms with van der Waals surface area (Å²) in [6.07, 6.45) is 1.47. The van der Waals surface area contributed by atoms with Crippen molar-refractivity contribution in [1.82, 2.24) is 20.2 Å². The fraction of sp³-hybridized carbons (Fsp3) is 0.143. The number of hydrogen-bond acceptors (Lipinski definition) is 5. The number of H-pyrrole nitrogens is 1. The second-order valence-corrected chi connectivity index (χ2v) is 7.31. The van der Waals surface area contributed by atoms with Crippen LogP contribution in [0.4, 0.5) is 17.2 Å². The van der Waals surface area contributed by atoms with Crippen molar-refractivity contribution in [3.63, 3.8) is 0 Å². The van der Waals surface area contributed by atoms with Crippen LogP contribution in [0.2, 0.25) is 5.02 Å². The van der Waals surface area contributed by atoms with E-state index in [-0.39, 0.29) is 11.8 Å². The molecule has 0 spiro atoms. The van der Waals surface area contributed by atoms with Crippen LogP contribution < -0.4 is 10.6 Å². The Morgan fingerprint density at radius 2 is 1.86 bits per heavy atom. The highest BCUT2D eigenvalue weighted by Crippen LogP contribution is 2.32. The summed E-state index contributed by atoms with van der Waals surface area (Å²) < 4.78 is 0. The number of aromatic nitrogens is 4. The Balaban J connectivity index is 1.69. The van der Waals surface area contributed by atoms with Crippen LogP contribution in [0.3, 0.4) is 0 Å². The summed E-state index contributed by atoms with van der Waals surface area (Å²) in [5.41, 5.74) is 3.77. The summed E-state index contributed by atoms with van der Waals surface area (Å²) in [6.45, 7) is 3.71. The third kappa shape index (κ3) is 4.05. The van der Waals surface area contributed by atoms with Crippen LogP contribution in [0.1, 0.15) is 13.8 Å². The Hall–Kier alpha value is -3.45. The molecule has 0 fully saturated rings. The van der Waals surface area contributed by atoms with E-state index in [1.165, 1.54) is 6.33 Å². The van der Waals surface area contributed by atoms with E-state index in [4.69, 9.17) is 11.6 Å². The van der Waals surface area contributed by atoms with Gasteiger partial charge in [0.25, 0.3) is 0 Å². The van der Waals surface area contributed by atoms with Crippen molar-refractivity contribution in [1.29, 1.82) is 0 Å². The molecule has 8 heteroatoms. The number of fused-ring (bicyclic) bond motifs is 1. The van der Waals surface area contributed by atoms with Gasteiger partial charge in [-0.15, -0.1) is 0 Å². The number of carbonyl (C=O) groups is 1. The monoisotopic (exact) mass is 406 g/mol. The van der Waals surface area contributed by atoms with Gasteiger partial charge in [0.15, 0.2) is 5.65 Å². The van der Waals surface area contributed by atoms with Crippen molar-refractivity contribution in [3.05, 3.63) is 59.9 Å². The summed E-state index contributed by atoms with van der Waals surface area (Å²) in [4.78, 5) is 20.5. The molecule has 2 heterocycles. The van der Waals surface area contributed by atoms with Crippen molar-refractivity contribution < 1.29 is 4.79 Å². The zero-order valence-corrected chi connectivity index (χ0v) is 16.7. The van der Waals surface area contributed by atoms with E-state index in [2.05, 4.69) is 30.8 Å². The minimum atomic E-state index is -0.0813. The molecule has 1 amide bonds. The predicted molar refractivity (Wildman–Crippen MR) is 115 cm³/mol. The zero-order chi connectivity index (χ0) is 20.4. The van der Waals surface area contributed by atoms with Gasteiger partial charge in [-0.25, -0.2) is 9.97 Å². The summed E-state index contributed by atoms with van der Waals surface area (Å²) in [6, 6.07) is 14.9. The van der Waals surface area contributed by atoms with Crippen LogP contribution >= 0.6 is 11.6 Å². The molecule has 2 aromatic heterocycles. The number of rotatable bonds is 5. The van der Waals surface area contributed by atoms with Gasteiger partial charge in [0, 0.05) is 27.9 Å². The minimum Gasteiger partial charge on any atom is -0.339 e. The number of amides is 1. The lowest BCUT2D eigenvalue weighted by Crippen LogP contribution is -2.17. The third-order valence-corrected chi connectivity index (χ3v) is 4.63. The van der Waals surface area contributed by atoms with Gasteiger partial charge in [-0.3, -0.25) is 9.89 Å². The van der Waals surface area contributed by atoms with Gasteiger partial charge in [0.05, 0.1) is 5.39 Å². The molecule has 0 unspecified atom stereocenters. The maximum absolute atomic E-state index is 11.9. The van der Waals surface area contributed by atoms with E-state index in [0.717, 1.165) is 22.3 Å². The fourth-order valence-corrected chi connectivity index (χ4v) is 3.05. The average molecular weight is 407 g/mol. The first-order chi connectivity index (χ1) is 14.0. The van der Waals surface area contributed by atoms with Gasteiger partial charge in [-0.1, -0.05) is 43.6 Å². The molecule has 0 radical (unpaired) electrons. The number of nitrogens with one attached hydrogen (secondary N) is 3. The maximum Gasteiger partial charge on any atom is 0.226 e. The first-order valence-corrected chi connectivity index (χ1v) is 9.52. The van der Waals surface area contributed by atoms with Crippen LogP contribution in [0.5, 0.6) is 0 Å². The first-order valence-electron chi connectivity index (χ1n) is 9.14. The van der Waals surface area contributed by atoms with Crippen molar-refractivity contribution in [2.24, 2.45) is 5.92 Å². The predicted octanol–water partition coefficient (Wildman–Crippen LogP) is 5.01. The number of carbonyl (C=O) groups excluding carboxylic acids is 1. The molecule has 2 aromatic carbocycles. The lowest BCUT2D eigenvalue weighted by atomic mass is 10.1. The number of hydrogen-bond donors (Lipinski definition) is 3. The van der Waals surface area contributed by atoms with Gasteiger partial charge in [0.1, 0.15) is 17.8 Å². The largest absolute Gasteiger partial charge is 0.339 e. The molecule has 0 atom stereocenters. The number of nitrogens with zero attached hydrogens (tertiary/aromatic N) is 3. The van der Waals surface area contributed by atoms with Gasteiger partial charge < -0.3 is 10.6 Å². The van der Waals surface area contributed by atoms with Crippen LogP contribution in [0.15, 0.2) is 54.9 Å². The molecule has 4 rings (SSSR count). The molecule has 3 N–H and O–H groups in total. The van der Waals surface area contributed by atoms with Gasteiger partial charge in [-0.2, -0.15) is 5.10 Å². The quantitative estimate of drug-likeness (QED) is 0.433. The van der Waals surface area contributed by atoms with E-state index in [1.54, 1.807) is 0 Å². The molecule has 0 aliphatic heterocycles. The molecular formula is C21H19ClN6O. The number of benzene rings is 2. The van der Waals surface area contributed by atoms with E-state index in [1.807, 2.05) is 62.4 Å². The highest BCUT2D eigenvalue weighted by Gasteiger charge is 2.15. The average Bonchev–Trinajstić information content (AvgIpc) is 3.14. The maximum atomic E-state index is 11.9. The van der Waals surface area contributed by atoms with Crippen molar-refractivity contribution >= 4 is 45.7 Å². The molecule has 0 bridgehead atoms. The Morgan fingerprint density at radius 1 is 1.07 bits per heavy atom. The van der Waals surface area contributed by atoms with Crippen LogP contribution in [0.25, 0.3) is 22.3 Å². The lowest BCUT2D eigenvalue weighted by Gasteiger charge is -2.09. The zero-order valence-electron chi connectivity index (χ0n) is 15.9. The number of aromatic amines is 1. The number of halogens is 1. The van der Waals surface area contributed by atoms with Crippen molar-refractivity contribution in [2.75, 3.05) is 10.6 Å². The fourth-order valence-electron chi connectivity index (χ4n) is 2.86. The van der Waals surface area contributed by atoms with Crippen LogP contribution in [-0.2, 0) is 4.79 Å². The molecule has 29 heavy (non-hydrogen) atoms. The standard InChI is InChI=1S/C21H19ClN6O/c1-12(2)21(29)26-15-8-6-13(7-9-15)18-17-19(23-11-24-20(17)28-27-18)25-16-5-3-4-14(22)10-16/h3-12H,1-2H3,(H,26,29)(H2,23,24,25,27,28). The van der Waals surface area contributed by atoms with E-state index < -0.39 is 0 Å². The van der Waals surface area contributed by atoms with Crippen LogP contribution in [0, 0.1) is 5.92 Å². The molecule has 146 valence electrons. The third-order valence-electron chi connectivity index (χ3n) is 4.40.